The van der Waals surface area contributed by atoms with Crippen LogP contribution in [0.3, 0.4) is 0 Å². The Kier molecular flexibility index (Phi) is 8.15. The van der Waals surface area contributed by atoms with E-state index in [0.717, 1.165) is 5.56 Å². The van der Waals surface area contributed by atoms with E-state index in [-0.39, 0.29) is 19.1 Å². The van der Waals surface area contributed by atoms with Crippen molar-refractivity contribution in [3.05, 3.63) is 89.9 Å². The molecule has 0 aliphatic carbocycles. The van der Waals surface area contributed by atoms with Crippen LogP contribution in [0.4, 0.5) is 0 Å². The van der Waals surface area contributed by atoms with Gasteiger partial charge in [-0.05, 0) is 47.5 Å². The van der Waals surface area contributed by atoms with Crippen molar-refractivity contribution < 1.29 is 23.5 Å². The van der Waals surface area contributed by atoms with Crippen molar-refractivity contribution in [1.29, 1.82) is 0 Å². The largest absolute Gasteiger partial charge is 0.484 e. The summed E-state index contributed by atoms with van der Waals surface area (Å²) in [5, 5.41) is 8.97. The van der Waals surface area contributed by atoms with Crippen molar-refractivity contribution in [2.45, 2.75) is 13.1 Å². The van der Waals surface area contributed by atoms with Crippen molar-refractivity contribution in [3.63, 3.8) is 0 Å². The van der Waals surface area contributed by atoms with Crippen LogP contribution < -0.4 is 20.8 Å². The molecule has 3 rings (SSSR count). The van der Waals surface area contributed by atoms with E-state index in [9.17, 15) is 14.4 Å². The number of benzene rings is 2. The molecule has 0 unspecified atom stereocenters. The molecule has 164 valence electrons. The van der Waals surface area contributed by atoms with E-state index in [4.69, 9.17) is 9.15 Å². The lowest BCUT2D eigenvalue weighted by Crippen LogP contribution is -2.37. The number of carbonyl (C=O) groups excluding carboxylic acids is 3. The second kappa shape index (κ2) is 11.7. The number of carbonyl (C=O) groups is 3. The first-order valence-corrected chi connectivity index (χ1v) is 9.77. The van der Waals surface area contributed by atoms with E-state index in [2.05, 4.69) is 21.2 Å². The van der Waals surface area contributed by atoms with Crippen molar-refractivity contribution >= 4 is 23.9 Å². The highest BCUT2D eigenvalue weighted by Crippen LogP contribution is 2.11. The summed E-state index contributed by atoms with van der Waals surface area (Å²) >= 11 is 0. The Hall–Kier alpha value is -4.40. The fourth-order valence-corrected chi connectivity index (χ4v) is 2.52. The Balaban J connectivity index is 1.36. The van der Waals surface area contributed by atoms with Gasteiger partial charge in [-0.2, -0.15) is 5.10 Å². The highest BCUT2D eigenvalue weighted by molar-refractivity contribution is 6.35. The Morgan fingerprint density at radius 1 is 0.875 bits per heavy atom. The first-order chi connectivity index (χ1) is 15.6. The summed E-state index contributed by atoms with van der Waals surface area (Å²) in [6.07, 6.45) is 2.93. The Morgan fingerprint density at radius 2 is 1.66 bits per heavy atom. The van der Waals surface area contributed by atoms with Crippen LogP contribution >= 0.6 is 0 Å². The summed E-state index contributed by atoms with van der Waals surface area (Å²) in [5.41, 5.74) is 3.73. The van der Waals surface area contributed by atoms with Gasteiger partial charge in [0.25, 0.3) is 5.91 Å². The maximum absolute atomic E-state index is 11.8. The van der Waals surface area contributed by atoms with Gasteiger partial charge in [-0.15, -0.1) is 0 Å². The van der Waals surface area contributed by atoms with E-state index in [1.165, 1.54) is 12.5 Å². The zero-order chi connectivity index (χ0) is 22.6. The average molecular weight is 434 g/mol. The summed E-state index contributed by atoms with van der Waals surface area (Å²) in [6, 6.07) is 19.5. The Bertz CT molecular complexity index is 1050. The van der Waals surface area contributed by atoms with Gasteiger partial charge in [0.1, 0.15) is 11.5 Å². The van der Waals surface area contributed by atoms with E-state index in [1.807, 2.05) is 30.3 Å². The maximum Gasteiger partial charge on any atom is 0.329 e. The minimum Gasteiger partial charge on any atom is -0.484 e. The first kappa shape index (κ1) is 22.3. The average Bonchev–Trinajstić information content (AvgIpc) is 3.35. The summed E-state index contributed by atoms with van der Waals surface area (Å²) in [5.74, 6) is -0.763. The van der Waals surface area contributed by atoms with Crippen molar-refractivity contribution in [2.75, 3.05) is 6.61 Å². The number of hydrogen-bond donors (Lipinski definition) is 3. The SMILES string of the molecule is O=C(COc1ccc(/C=N\NC(=O)C(=O)NCc2ccccc2)cc1)NCc1ccco1. The van der Waals surface area contributed by atoms with E-state index in [0.29, 0.717) is 23.6 Å². The molecule has 9 nitrogen and oxygen atoms in total. The third-order valence-corrected chi connectivity index (χ3v) is 4.17. The van der Waals surface area contributed by atoms with Gasteiger partial charge in [-0.25, -0.2) is 5.43 Å². The molecule has 2 aromatic carbocycles. The quantitative estimate of drug-likeness (QED) is 0.269. The lowest BCUT2D eigenvalue weighted by atomic mass is 10.2. The van der Waals surface area contributed by atoms with Gasteiger partial charge in [-0.1, -0.05) is 30.3 Å². The molecule has 0 aliphatic heterocycles. The van der Waals surface area contributed by atoms with Crippen molar-refractivity contribution in [1.82, 2.24) is 16.1 Å². The minimum atomic E-state index is -0.863. The number of hydrazone groups is 1. The summed E-state index contributed by atoms with van der Waals surface area (Å²) in [6.45, 7) is 0.405. The predicted molar refractivity (Wildman–Crippen MR) is 117 cm³/mol. The minimum absolute atomic E-state index is 0.137. The Morgan fingerprint density at radius 3 is 2.38 bits per heavy atom. The normalized spacial score (nSPS) is 10.5. The molecule has 9 heteroatoms. The van der Waals surface area contributed by atoms with Crippen LogP contribution in [0.5, 0.6) is 5.75 Å². The van der Waals surface area contributed by atoms with Gasteiger partial charge in [0, 0.05) is 6.54 Å². The number of furan rings is 1. The molecule has 1 heterocycles. The summed E-state index contributed by atoms with van der Waals surface area (Å²) < 4.78 is 10.6. The molecule has 3 aromatic rings. The highest BCUT2D eigenvalue weighted by Gasteiger charge is 2.11. The molecule has 3 amide bonds. The number of amides is 3. The third-order valence-electron chi connectivity index (χ3n) is 4.17. The molecule has 32 heavy (non-hydrogen) atoms. The number of hydrogen-bond acceptors (Lipinski definition) is 6. The molecule has 0 bridgehead atoms. The number of nitrogens with zero attached hydrogens (tertiary/aromatic N) is 1. The molecule has 0 spiro atoms. The van der Waals surface area contributed by atoms with Gasteiger partial charge in [0.2, 0.25) is 0 Å². The maximum atomic E-state index is 11.8. The number of nitrogens with one attached hydrogen (secondary N) is 3. The highest BCUT2D eigenvalue weighted by atomic mass is 16.5. The molecule has 0 saturated heterocycles. The molecule has 0 fully saturated rings. The van der Waals surface area contributed by atoms with Gasteiger partial charge in [0.15, 0.2) is 6.61 Å². The molecule has 0 atom stereocenters. The molecular weight excluding hydrogens is 412 g/mol. The van der Waals surface area contributed by atoms with Crippen molar-refractivity contribution in [3.8, 4) is 5.75 Å². The van der Waals surface area contributed by atoms with Crippen LogP contribution in [0.1, 0.15) is 16.9 Å². The van der Waals surface area contributed by atoms with Gasteiger partial charge in [-0.3, -0.25) is 14.4 Å². The Labute approximate surface area is 184 Å². The monoisotopic (exact) mass is 434 g/mol. The van der Waals surface area contributed by atoms with Gasteiger partial charge >= 0.3 is 11.8 Å². The van der Waals surface area contributed by atoms with Crippen LogP contribution in [-0.4, -0.2) is 30.5 Å². The molecule has 3 N–H and O–H groups in total. The van der Waals surface area contributed by atoms with Crippen molar-refractivity contribution in [2.24, 2.45) is 5.10 Å². The lowest BCUT2D eigenvalue weighted by molar-refractivity contribution is -0.139. The zero-order valence-corrected chi connectivity index (χ0v) is 17.1. The van der Waals surface area contributed by atoms with Crippen LogP contribution in [0.2, 0.25) is 0 Å². The second-order valence-electron chi connectivity index (χ2n) is 6.58. The van der Waals surface area contributed by atoms with E-state index >= 15 is 0 Å². The fraction of sp³-hybridized carbons (Fsp3) is 0.130. The van der Waals surface area contributed by atoms with E-state index in [1.54, 1.807) is 36.4 Å². The molecule has 0 radical (unpaired) electrons. The second-order valence-corrected chi connectivity index (χ2v) is 6.58. The third kappa shape index (κ3) is 7.45. The molecule has 0 aliphatic rings. The standard InChI is InChI=1S/C23H22N4O5/c28-21(24-15-20-7-4-12-31-20)16-32-19-10-8-18(9-11-19)14-26-27-23(30)22(29)25-13-17-5-2-1-3-6-17/h1-12,14H,13,15-16H2,(H,24,28)(H,25,29)(H,27,30)/b26-14-. The molecular formula is C23H22N4O5. The van der Waals surface area contributed by atoms with E-state index < -0.39 is 11.8 Å². The first-order valence-electron chi connectivity index (χ1n) is 9.77. The van der Waals surface area contributed by atoms with Crippen LogP contribution in [-0.2, 0) is 27.5 Å². The van der Waals surface area contributed by atoms with Crippen LogP contribution in [0.15, 0.2) is 82.5 Å². The smallest absolute Gasteiger partial charge is 0.329 e. The molecule has 1 aromatic heterocycles. The van der Waals surface area contributed by atoms with Gasteiger partial charge < -0.3 is 19.8 Å². The zero-order valence-electron chi connectivity index (χ0n) is 17.1. The number of rotatable bonds is 9. The van der Waals surface area contributed by atoms with Crippen LogP contribution in [0.25, 0.3) is 0 Å². The topological polar surface area (TPSA) is 122 Å². The number of ether oxygens (including phenoxy) is 1. The summed E-state index contributed by atoms with van der Waals surface area (Å²) in [4.78, 5) is 35.4. The fourth-order valence-electron chi connectivity index (χ4n) is 2.52. The molecule has 0 saturated carbocycles. The van der Waals surface area contributed by atoms with Gasteiger partial charge in [0.05, 0.1) is 19.0 Å². The summed E-state index contributed by atoms with van der Waals surface area (Å²) in [7, 11) is 0. The van der Waals surface area contributed by atoms with Crippen LogP contribution in [0, 0.1) is 0 Å². The predicted octanol–water partition coefficient (Wildman–Crippen LogP) is 1.74. The lowest BCUT2D eigenvalue weighted by Gasteiger charge is -2.07.